The van der Waals surface area contributed by atoms with Crippen molar-refractivity contribution in [2.45, 2.75) is 115 Å². The van der Waals surface area contributed by atoms with Crippen molar-refractivity contribution in [1.82, 2.24) is 15.1 Å². The lowest BCUT2D eigenvalue weighted by molar-refractivity contribution is -0.152. The van der Waals surface area contributed by atoms with Gasteiger partial charge in [0, 0.05) is 12.5 Å². The zero-order chi connectivity index (χ0) is 24.3. The highest BCUT2D eigenvalue weighted by atomic mass is 16.6. The van der Waals surface area contributed by atoms with Crippen LogP contribution in [0.4, 0.5) is 4.79 Å². The molecule has 8 nitrogen and oxygen atoms in total. The SMILES string of the molecule is CC(C)(C)OC(=O)N[C@H](C(=O)N1CC[C@@H]2[C@H]1C1(CCC1)C(=O)N2C(=O)C1CC1)C1CCCCC1. The van der Waals surface area contributed by atoms with Crippen LogP contribution in [0.3, 0.4) is 0 Å². The Hall–Kier alpha value is -2.12. The van der Waals surface area contributed by atoms with Gasteiger partial charge in [0.1, 0.15) is 11.6 Å². The Morgan fingerprint density at radius 2 is 1.68 bits per heavy atom. The predicted octanol–water partition coefficient (Wildman–Crippen LogP) is 3.38. The molecule has 0 aromatic heterocycles. The summed E-state index contributed by atoms with van der Waals surface area (Å²) in [5, 5.41) is 2.92. The molecule has 1 spiro atoms. The molecule has 0 aromatic carbocycles. The normalized spacial score (nSPS) is 29.6. The third-order valence-corrected chi connectivity index (χ3v) is 8.66. The molecule has 0 radical (unpaired) electrons. The molecule has 2 aliphatic heterocycles. The van der Waals surface area contributed by atoms with E-state index in [1.54, 1.807) is 4.90 Å². The standard InChI is InChI=1S/C26H39N3O5/c1-25(2,3)34-24(33)27-19(16-8-5-4-6-9-16)22(31)28-15-12-18-20(28)26(13-7-14-26)23(32)29(18)21(30)17-10-11-17/h16-20H,4-15H2,1-3H3,(H,27,33)/t18-,19+,20+/m1/s1. The van der Waals surface area contributed by atoms with Crippen molar-refractivity contribution in [3.05, 3.63) is 0 Å². The molecule has 0 bridgehead atoms. The summed E-state index contributed by atoms with van der Waals surface area (Å²) in [6, 6.07) is -1.15. The van der Waals surface area contributed by atoms with E-state index in [0.717, 1.165) is 64.2 Å². The molecule has 1 N–H and O–H groups in total. The third-order valence-electron chi connectivity index (χ3n) is 8.66. The number of carbonyl (C=O) groups is 4. The van der Waals surface area contributed by atoms with E-state index >= 15 is 0 Å². The van der Waals surface area contributed by atoms with Gasteiger partial charge in [0.2, 0.25) is 17.7 Å². The van der Waals surface area contributed by atoms with Crippen LogP contribution in [-0.2, 0) is 19.1 Å². The van der Waals surface area contributed by atoms with Crippen molar-refractivity contribution in [2.24, 2.45) is 17.3 Å². The summed E-state index contributed by atoms with van der Waals surface area (Å²) in [6.45, 7) is 5.96. The molecular formula is C26H39N3O5. The second kappa shape index (κ2) is 8.52. The van der Waals surface area contributed by atoms with Crippen LogP contribution < -0.4 is 5.32 Å². The molecule has 3 saturated carbocycles. The Morgan fingerprint density at radius 3 is 2.24 bits per heavy atom. The van der Waals surface area contributed by atoms with Crippen LogP contribution >= 0.6 is 0 Å². The van der Waals surface area contributed by atoms with Crippen molar-refractivity contribution in [3.63, 3.8) is 0 Å². The van der Waals surface area contributed by atoms with E-state index in [1.807, 2.05) is 25.7 Å². The van der Waals surface area contributed by atoms with Crippen molar-refractivity contribution < 1.29 is 23.9 Å². The van der Waals surface area contributed by atoms with Crippen molar-refractivity contribution in [1.29, 1.82) is 0 Å². The van der Waals surface area contributed by atoms with Crippen LogP contribution in [0.1, 0.15) is 91.4 Å². The molecule has 5 aliphatic rings. The molecule has 3 aliphatic carbocycles. The Balaban J connectivity index is 1.40. The minimum absolute atomic E-state index is 0.0200. The molecule has 2 saturated heterocycles. The summed E-state index contributed by atoms with van der Waals surface area (Å²) in [7, 11) is 0. The van der Waals surface area contributed by atoms with Gasteiger partial charge >= 0.3 is 6.09 Å². The number of ether oxygens (including phenoxy) is 1. The van der Waals surface area contributed by atoms with Gasteiger partial charge in [-0.2, -0.15) is 0 Å². The van der Waals surface area contributed by atoms with Gasteiger partial charge in [0.25, 0.3) is 0 Å². The molecule has 0 aromatic rings. The number of imide groups is 1. The summed E-state index contributed by atoms with van der Waals surface area (Å²) in [5.41, 5.74) is -1.27. The van der Waals surface area contributed by atoms with Crippen LogP contribution in [0.25, 0.3) is 0 Å². The minimum atomic E-state index is -0.658. The van der Waals surface area contributed by atoms with Gasteiger partial charge in [-0.15, -0.1) is 0 Å². The number of amides is 4. The first-order valence-electron chi connectivity index (χ1n) is 13.3. The number of alkyl carbamates (subject to hydrolysis) is 1. The zero-order valence-corrected chi connectivity index (χ0v) is 20.8. The van der Waals surface area contributed by atoms with E-state index < -0.39 is 23.2 Å². The first-order chi connectivity index (χ1) is 16.1. The second-order valence-corrected chi connectivity index (χ2v) is 12.2. The Morgan fingerprint density at radius 1 is 1.00 bits per heavy atom. The average Bonchev–Trinajstić information content (AvgIpc) is 3.46. The smallest absolute Gasteiger partial charge is 0.408 e. The number of likely N-dealkylation sites (tertiary alicyclic amines) is 2. The molecule has 0 unspecified atom stereocenters. The molecule has 34 heavy (non-hydrogen) atoms. The monoisotopic (exact) mass is 473 g/mol. The number of hydrogen-bond donors (Lipinski definition) is 1. The summed E-state index contributed by atoms with van der Waals surface area (Å²) in [5.74, 6) is -0.156. The molecule has 8 heteroatoms. The first kappa shape index (κ1) is 23.6. The number of carbonyl (C=O) groups excluding carboxylic acids is 4. The van der Waals surface area contributed by atoms with Crippen LogP contribution in [0.2, 0.25) is 0 Å². The van der Waals surface area contributed by atoms with E-state index in [9.17, 15) is 19.2 Å². The highest BCUT2D eigenvalue weighted by Gasteiger charge is 2.68. The molecule has 3 atom stereocenters. The number of nitrogens with one attached hydrogen (secondary N) is 1. The summed E-state index contributed by atoms with van der Waals surface area (Å²) < 4.78 is 5.50. The van der Waals surface area contributed by atoms with Gasteiger partial charge in [-0.05, 0) is 71.6 Å². The fourth-order valence-electron chi connectivity index (χ4n) is 6.80. The molecule has 2 heterocycles. The lowest BCUT2D eigenvalue weighted by Gasteiger charge is -2.45. The molecule has 5 fully saturated rings. The van der Waals surface area contributed by atoms with Gasteiger partial charge in [0.05, 0.1) is 17.5 Å². The molecule has 4 amide bonds. The largest absolute Gasteiger partial charge is 0.444 e. The number of fused-ring (bicyclic) bond motifs is 2. The number of nitrogens with zero attached hydrogens (tertiary/aromatic N) is 2. The van der Waals surface area contributed by atoms with Crippen molar-refractivity contribution in [3.8, 4) is 0 Å². The molecular weight excluding hydrogens is 434 g/mol. The topological polar surface area (TPSA) is 96.0 Å². The van der Waals surface area contributed by atoms with Crippen LogP contribution in [0.5, 0.6) is 0 Å². The average molecular weight is 474 g/mol. The van der Waals surface area contributed by atoms with Crippen LogP contribution in [0, 0.1) is 17.3 Å². The molecule has 5 rings (SSSR count). The second-order valence-electron chi connectivity index (χ2n) is 12.2. The number of rotatable bonds is 4. The van der Waals surface area contributed by atoms with Crippen LogP contribution in [0.15, 0.2) is 0 Å². The Labute approximate surface area is 202 Å². The van der Waals surface area contributed by atoms with Gasteiger partial charge in [-0.1, -0.05) is 25.7 Å². The van der Waals surface area contributed by atoms with E-state index in [1.165, 1.54) is 0 Å². The van der Waals surface area contributed by atoms with Crippen molar-refractivity contribution in [2.75, 3.05) is 6.54 Å². The fourth-order valence-corrected chi connectivity index (χ4v) is 6.80. The van der Waals surface area contributed by atoms with Gasteiger partial charge in [0.15, 0.2) is 0 Å². The predicted molar refractivity (Wildman–Crippen MR) is 124 cm³/mol. The zero-order valence-electron chi connectivity index (χ0n) is 20.8. The number of hydrogen-bond acceptors (Lipinski definition) is 5. The fraction of sp³-hybridized carbons (Fsp3) is 0.846. The van der Waals surface area contributed by atoms with Crippen LogP contribution in [-0.4, -0.2) is 63.9 Å². The first-order valence-corrected chi connectivity index (χ1v) is 13.3. The lowest BCUT2D eigenvalue weighted by Crippen LogP contribution is -2.59. The van der Waals surface area contributed by atoms with Gasteiger partial charge < -0.3 is 15.0 Å². The lowest BCUT2D eigenvalue weighted by atomic mass is 9.64. The maximum Gasteiger partial charge on any atom is 0.408 e. The maximum atomic E-state index is 14.1. The van der Waals surface area contributed by atoms with E-state index in [4.69, 9.17) is 4.74 Å². The van der Waals surface area contributed by atoms with Crippen molar-refractivity contribution >= 4 is 23.8 Å². The summed E-state index contributed by atoms with van der Waals surface area (Å²) in [4.78, 5) is 56.8. The van der Waals surface area contributed by atoms with Gasteiger partial charge in [-0.3, -0.25) is 19.3 Å². The van der Waals surface area contributed by atoms with Gasteiger partial charge in [-0.25, -0.2) is 4.79 Å². The quantitative estimate of drug-likeness (QED) is 0.632. The Kier molecular flexibility index (Phi) is 5.92. The van der Waals surface area contributed by atoms with E-state index in [0.29, 0.717) is 13.0 Å². The summed E-state index contributed by atoms with van der Waals surface area (Å²) >= 11 is 0. The molecule has 188 valence electrons. The maximum absolute atomic E-state index is 14.1. The highest BCUT2D eigenvalue weighted by molar-refractivity contribution is 6.04. The highest BCUT2D eigenvalue weighted by Crippen LogP contribution is 2.56. The summed E-state index contributed by atoms with van der Waals surface area (Å²) in [6.07, 6.45) is 9.22. The Bertz CT molecular complexity index is 866. The van der Waals surface area contributed by atoms with E-state index in [-0.39, 0.29) is 41.6 Å². The van der Waals surface area contributed by atoms with E-state index in [2.05, 4.69) is 5.32 Å². The minimum Gasteiger partial charge on any atom is -0.444 e. The third kappa shape index (κ3) is 4.01.